The highest BCUT2D eigenvalue weighted by Gasteiger charge is 2.38. The molecule has 7 nitrogen and oxygen atoms in total. The monoisotopic (exact) mass is 268 g/mol. The van der Waals surface area contributed by atoms with Crippen molar-refractivity contribution in [2.45, 2.75) is 38.0 Å². The van der Waals surface area contributed by atoms with Crippen molar-refractivity contribution in [2.24, 2.45) is 0 Å². The number of carbonyl (C=O) groups excluding carboxylic acids is 2. The molecular formula is C12H16N2O5. The van der Waals surface area contributed by atoms with Crippen LogP contribution in [0.5, 0.6) is 0 Å². The van der Waals surface area contributed by atoms with Crippen LogP contribution in [-0.4, -0.2) is 57.6 Å². The van der Waals surface area contributed by atoms with E-state index < -0.39 is 30.1 Å². The molecule has 0 saturated carbocycles. The highest BCUT2D eigenvalue weighted by atomic mass is 16.4. The lowest BCUT2D eigenvalue weighted by Gasteiger charge is -2.23. The number of β-amino-alcohol motifs (C(OH)–C–C–N with tert-alkyl or cyclic N) is 1. The number of nitrogens with one attached hydrogen (secondary N) is 1. The van der Waals surface area contributed by atoms with E-state index in [1.807, 2.05) is 0 Å². The molecule has 0 aromatic carbocycles. The molecule has 0 aromatic rings. The Labute approximate surface area is 110 Å². The van der Waals surface area contributed by atoms with E-state index in [-0.39, 0.29) is 25.3 Å². The molecular weight excluding hydrogens is 252 g/mol. The predicted octanol–water partition coefficient (Wildman–Crippen LogP) is -1.44. The second-order valence-corrected chi connectivity index (χ2v) is 4.38. The maximum Gasteiger partial charge on any atom is 0.327 e. The summed E-state index contributed by atoms with van der Waals surface area (Å²) in [5, 5.41) is 20.7. The maximum absolute atomic E-state index is 11.9. The second-order valence-electron chi connectivity index (χ2n) is 4.38. The number of likely N-dealkylation sites (tertiary alicyclic amines) is 1. The number of hydrogen-bond acceptors (Lipinski definition) is 4. The van der Waals surface area contributed by atoms with E-state index in [9.17, 15) is 19.5 Å². The highest BCUT2D eigenvalue weighted by molar-refractivity contribution is 5.90. The van der Waals surface area contributed by atoms with Gasteiger partial charge in [0.15, 0.2) is 0 Å². The Morgan fingerprint density at radius 1 is 1.53 bits per heavy atom. The summed E-state index contributed by atoms with van der Waals surface area (Å²) in [5.41, 5.74) is 0. The quantitative estimate of drug-likeness (QED) is 0.541. The minimum Gasteiger partial charge on any atom is -0.480 e. The number of carboxylic acid groups (broad SMARTS) is 1. The zero-order chi connectivity index (χ0) is 14.6. The first-order valence-electron chi connectivity index (χ1n) is 5.78. The fourth-order valence-electron chi connectivity index (χ4n) is 2.00. The summed E-state index contributed by atoms with van der Waals surface area (Å²) >= 11 is 0. The largest absolute Gasteiger partial charge is 0.480 e. The number of hydrogen-bond donors (Lipinski definition) is 3. The van der Waals surface area contributed by atoms with Gasteiger partial charge in [0.25, 0.3) is 0 Å². The number of amides is 2. The molecule has 2 amide bonds. The van der Waals surface area contributed by atoms with Gasteiger partial charge in [0.1, 0.15) is 12.1 Å². The van der Waals surface area contributed by atoms with Crippen LogP contribution in [0.25, 0.3) is 0 Å². The lowest BCUT2D eigenvalue weighted by Crippen LogP contribution is -2.50. The fraction of sp³-hybridized carbons (Fsp3) is 0.583. The van der Waals surface area contributed by atoms with Crippen LogP contribution >= 0.6 is 0 Å². The molecule has 1 aliphatic rings. The number of aliphatic hydroxyl groups is 1. The summed E-state index contributed by atoms with van der Waals surface area (Å²) in [4.78, 5) is 35.4. The topological polar surface area (TPSA) is 107 Å². The van der Waals surface area contributed by atoms with Gasteiger partial charge in [-0.25, -0.2) is 4.79 Å². The summed E-state index contributed by atoms with van der Waals surface area (Å²) in [7, 11) is 0. The molecule has 3 N–H and O–H groups in total. The Morgan fingerprint density at radius 2 is 2.16 bits per heavy atom. The molecule has 7 heteroatoms. The van der Waals surface area contributed by atoms with Gasteiger partial charge in [-0.1, -0.05) is 0 Å². The molecule has 3 atom stereocenters. The van der Waals surface area contributed by atoms with Crippen LogP contribution in [0.4, 0.5) is 0 Å². The molecule has 0 spiro atoms. The van der Waals surface area contributed by atoms with Gasteiger partial charge in [-0.2, -0.15) is 0 Å². The van der Waals surface area contributed by atoms with E-state index in [2.05, 4.69) is 11.2 Å². The van der Waals surface area contributed by atoms with Crippen molar-refractivity contribution in [1.29, 1.82) is 0 Å². The Hall–Kier alpha value is -2.07. The van der Waals surface area contributed by atoms with Gasteiger partial charge in [-0.3, -0.25) is 9.59 Å². The molecule has 0 unspecified atom stereocenters. The van der Waals surface area contributed by atoms with E-state index in [1.165, 1.54) is 11.8 Å². The van der Waals surface area contributed by atoms with Gasteiger partial charge in [-0.05, 0) is 0 Å². The van der Waals surface area contributed by atoms with E-state index in [0.29, 0.717) is 0 Å². The lowest BCUT2D eigenvalue weighted by atomic mass is 10.1. The first-order valence-corrected chi connectivity index (χ1v) is 5.78. The normalized spacial score (nSPS) is 23.5. The third-order valence-corrected chi connectivity index (χ3v) is 2.92. The van der Waals surface area contributed by atoms with Gasteiger partial charge >= 0.3 is 5.97 Å². The average Bonchev–Trinajstić information content (AvgIpc) is 2.70. The maximum atomic E-state index is 11.9. The summed E-state index contributed by atoms with van der Waals surface area (Å²) in [6.07, 6.45) is 4.19. The molecule has 0 bridgehead atoms. The molecule has 19 heavy (non-hydrogen) atoms. The number of carboxylic acids is 1. The van der Waals surface area contributed by atoms with Crippen molar-refractivity contribution in [2.75, 3.05) is 6.54 Å². The second kappa shape index (κ2) is 6.20. The van der Waals surface area contributed by atoms with E-state index in [0.717, 1.165) is 0 Å². The van der Waals surface area contributed by atoms with E-state index >= 15 is 0 Å². The molecule has 1 heterocycles. The number of nitrogens with zero attached hydrogens (tertiary/aromatic N) is 1. The van der Waals surface area contributed by atoms with Crippen molar-refractivity contribution >= 4 is 17.8 Å². The van der Waals surface area contributed by atoms with E-state index in [4.69, 9.17) is 11.5 Å². The van der Waals surface area contributed by atoms with Crippen LogP contribution in [0.1, 0.15) is 19.8 Å². The van der Waals surface area contributed by atoms with Crippen LogP contribution in [0.2, 0.25) is 0 Å². The molecule has 1 fully saturated rings. The Bertz CT molecular complexity index is 428. The highest BCUT2D eigenvalue weighted by Crippen LogP contribution is 2.18. The number of carbonyl (C=O) groups is 3. The van der Waals surface area contributed by atoms with Crippen molar-refractivity contribution in [3.63, 3.8) is 0 Å². The number of aliphatic hydroxyl groups excluding tert-OH is 1. The third-order valence-electron chi connectivity index (χ3n) is 2.92. The Balaban J connectivity index is 2.73. The van der Waals surface area contributed by atoms with Gasteiger partial charge in [0.2, 0.25) is 11.8 Å². The van der Waals surface area contributed by atoms with E-state index in [1.54, 1.807) is 0 Å². The summed E-state index contributed by atoms with van der Waals surface area (Å²) in [5.74, 6) is -0.0375. The molecule has 0 radical (unpaired) electrons. The van der Waals surface area contributed by atoms with Crippen molar-refractivity contribution in [1.82, 2.24) is 10.2 Å². The zero-order valence-corrected chi connectivity index (χ0v) is 10.5. The molecule has 1 aliphatic heterocycles. The van der Waals surface area contributed by atoms with Crippen molar-refractivity contribution < 1.29 is 24.6 Å². The number of rotatable bonds is 4. The number of terminal acetylenes is 1. The average molecular weight is 268 g/mol. The minimum atomic E-state index is -1.24. The van der Waals surface area contributed by atoms with Crippen LogP contribution in [0.15, 0.2) is 0 Å². The Morgan fingerprint density at radius 3 is 2.63 bits per heavy atom. The van der Waals surface area contributed by atoms with Gasteiger partial charge < -0.3 is 20.4 Å². The number of aliphatic carboxylic acids is 1. The van der Waals surface area contributed by atoms with Crippen LogP contribution in [-0.2, 0) is 14.4 Å². The van der Waals surface area contributed by atoms with Gasteiger partial charge in [0.05, 0.1) is 6.10 Å². The lowest BCUT2D eigenvalue weighted by molar-refractivity contribution is -0.143. The third kappa shape index (κ3) is 3.69. The molecule has 0 aliphatic carbocycles. The first kappa shape index (κ1) is 15.0. The van der Waals surface area contributed by atoms with Crippen molar-refractivity contribution in [3.05, 3.63) is 0 Å². The summed E-state index contributed by atoms with van der Waals surface area (Å²) in [6, 6.07) is -2.05. The standard InChI is InChI=1S/C12H16N2O5/c1-3-4-9(12(18)19)13-11(17)10-5-8(16)6-14(10)7(2)15/h1,8-10,16H,4-6H2,2H3,(H,13,17)(H,18,19)/t8-,9+,10+/m1/s1. The smallest absolute Gasteiger partial charge is 0.327 e. The Kier molecular flexibility index (Phi) is 4.89. The molecule has 104 valence electrons. The summed E-state index contributed by atoms with van der Waals surface area (Å²) in [6.45, 7) is 1.36. The molecule has 1 saturated heterocycles. The van der Waals surface area contributed by atoms with Crippen LogP contribution in [0.3, 0.4) is 0 Å². The van der Waals surface area contributed by atoms with Crippen LogP contribution < -0.4 is 5.32 Å². The van der Waals surface area contributed by atoms with Crippen LogP contribution in [0, 0.1) is 12.3 Å². The zero-order valence-electron chi connectivity index (χ0n) is 10.5. The van der Waals surface area contributed by atoms with Gasteiger partial charge in [-0.15, -0.1) is 12.3 Å². The minimum absolute atomic E-state index is 0.0697. The molecule has 0 aromatic heterocycles. The molecule has 1 rings (SSSR count). The van der Waals surface area contributed by atoms with Crippen molar-refractivity contribution in [3.8, 4) is 12.3 Å². The van der Waals surface area contributed by atoms with Gasteiger partial charge in [0, 0.05) is 26.3 Å². The first-order chi connectivity index (χ1) is 8.86. The predicted molar refractivity (Wildman–Crippen MR) is 64.8 cm³/mol. The summed E-state index contributed by atoms with van der Waals surface area (Å²) < 4.78 is 0. The SMILES string of the molecule is C#CC[C@H](NC(=O)[C@@H]1C[C@@H](O)CN1C(C)=O)C(=O)O. The fourth-order valence-corrected chi connectivity index (χ4v) is 2.00.